The Bertz CT molecular complexity index is 877. The summed E-state index contributed by atoms with van der Waals surface area (Å²) in [4.78, 5) is 25.2. The molecule has 148 valence electrons. The molecule has 1 saturated heterocycles. The molecule has 1 aromatic carbocycles. The Kier molecular flexibility index (Phi) is 5.35. The van der Waals surface area contributed by atoms with Crippen LogP contribution in [0, 0.1) is 11.7 Å². The van der Waals surface area contributed by atoms with Crippen LogP contribution in [0.4, 0.5) is 10.2 Å². The molecule has 0 spiro atoms. The maximum Gasteiger partial charge on any atom is 0.226 e. The normalized spacial score (nSPS) is 20.0. The second kappa shape index (κ2) is 7.91. The van der Waals surface area contributed by atoms with Gasteiger partial charge in [-0.3, -0.25) is 4.79 Å². The second-order valence-corrected chi connectivity index (χ2v) is 7.75. The van der Waals surface area contributed by atoms with Gasteiger partial charge in [-0.05, 0) is 31.9 Å². The summed E-state index contributed by atoms with van der Waals surface area (Å²) < 4.78 is 19.0. The number of hydrogen-bond donors (Lipinski definition) is 0. The molecular formula is C20H22ClFN4O2. The molecule has 0 radical (unpaired) electrons. The molecule has 1 atom stereocenters. The van der Waals surface area contributed by atoms with Crippen molar-refractivity contribution in [2.45, 2.75) is 32.2 Å². The lowest BCUT2D eigenvalue weighted by molar-refractivity contribution is -0.140. The number of carbonyl (C=O) groups excluding carboxylic acids is 1. The van der Waals surface area contributed by atoms with Crippen molar-refractivity contribution < 1.29 is 13.9 Å². The largest absolute Gasteiger partial charge is 0.439 e. The van der Waals surface area contributed by atoms with Crippen molar-refractivity contribution >= 4 is 23.3 Å². The van der Waals surface area contributed by atoms with Gasteiger partial charge >= 0.3 is 0 Å². The zero-order chi connectivity index (χ0) is 19.7. The maximum atomic E-state index is 13.3. The molecule has 6 nitrogen and oxygen atoms in total. The predicted octanol–water partition coefficient (Wildman–Crippen LogP) is 3.90. The van der Waals surface area contributed by atoms with Gasteiger partial charge in [0.15, 0.2) is 0 Å². The number of rotatable bonds is 4. The van der Waals surface area contributed by atoms with E-state index in [4.69, 9.17) is 16.3 Å². The fraction of sp³-hybridized carbons (Fsp3) is 0.450. The fourth-order valence-corrected chi connectivity index (χ4v) is 3.77. The lowest BCUT2D eigenvalue weighted by atomic mass is 9.84. The van der Waals surface area contributed by atoms with E-state index in [9.17, 15) is 9.18 Å². The van der Waals surface area contributed by atoms with Gasteiger partial charge < -0.3 is 14.5 Å². The van der Waals surface area contributed by atoms with Crippen LogP contribution in [-0.2, 0) is 4.79 Å². The SMILES string of the molecule is C[C@H]1CN(c2cc(Oc3ccc(F)c(Cl)c3)ncn2)CCN1C(=O)C1CCC1. The first-order valence-electron chi connectivity index (χ1n) is 9.51. The summed E-state index contributed by atoms with van der Waals surface area (Å²) in [7, 11) is 0. The quantitative estimate of drug-likeness (QED) is 0.773. The third-order valence-electron chi connectivity index (χ3n) is 5.43. The lowest BCUT2D eigenvalue weighted by Gasteiger charge is -2.43. The van der Waals surface area contributed by atoms with Crippen LogP contribution >= 0.6 is 11.6 Å². The molecule has 2 aliphatic rings. The Hall–Kier alpha value is -2.41. The van der Waals surface area contributed by atoms with Crippen molar-refractivity contribution in [1.29, 1.82) is 0 Å². The Labute approximate surface area is 168 Å². The molecular weight excluding hydrogens is 383 g/mol. The van der Waals surface area contributed by atoms with Gasteiger partial charge in [0.1, 0.15) is 23.7 Å². The third kappa shape index (κ3) is 3.90. The van der Waals surface area contributed by atoms with Crippen LogP contribution in [0.2, 0.25) is 5.02 Å². The molecule has 1 amide bonds. The zero-order valence-corrected chi connectivity index (χ0v) is 16.4. The van der Waals surface area contributed by atoms with Crippen LogP contribution in [0.1, 0.15) is 26.2 Å². The van der Waals surface area contributed by atoms with Gasteiger partial charge in [-0.1, -0.05) is 18.0 Å². The summed E-state index contributed by atoms with van der Waals surface area (Å²) in [6, 6.07) is 6.02. The van der Waals surface area contributed by atoms with E-state index < -0.39 is 5.82 Å². The highest BCUT2D eigenvalue weighted by molar-refractivity contribution is 6.30. The Morgan fingerprint density at radius 1 is 1.25 bits per heavy atom. The Morgan fingerprint density at radius 3 is 2.75 bits per heavy atom. The van der Waals surface area contributed by atoms with Crippen LogP contribution in [0.3, 0.4) is 0 Å². The average molecular weight is 405 g/mol. The van der Waals surface area contributed by atoms with Crippen LogP contribution < -0.4 is 9.64 Å². The molecule has 28 heavy (non-hydrogen) atoms. The minimum atomic E-state index is -0.499. The first-order chi connectivity index (χ1) is 13.5. The van der Waals surface area contributed by atoms with E-state index in [0.29, 0.717) is 37.2 Å². The highest BCUT2D eigenvalue weighted by Gasteiger charge is 2.34. The van der Waals surface area contributed by atoms with Crippen LogP contribution in [0.5, 0.6) is 11.6 Å². The van der Waals surface area contributed by atoms with Gasteiger partial charge in [0.2, 0.25) is 11.8 Å². The van der Waals surface area contributed by atoms with Crippen molar-refractivity contribution in [3.05, 3.63) is 41.4 Å². The van der Waals surface area contributed by atoms with Crippen molar-refractivity contribution in [2.75, 3.05) is 24.5 Å². The zero-order valence-electron chi connectivity index (χ0n) is 15.6. The average Bonchev–Trinajstić information content (AvgIpc) is 2.63. The van der Waals surface area contributed by atoms with Crippen molar-refractivity contribution in [3.8, 4) is 11.6 Å². The van der Waals surface area contributed by atoms with E-state index in [1.54, 1.807) is 6.07 Å². The minimum Gasteiger partial charge on any atom is -0.439 e. The van der Waals surface area contributed by atoms with E-state index in [2.05, 4.69) is 21.8 Å². The molecule has 2 fully saturated rings. The third-order valence-corrected chi connectivity index (χ3v) is 5.72. The van der Waals surface area contributed by atoms with E-state index in [1.165, 1.54) is 24.5 Å². The van der Waals surface area contributed by atoms with Gasteiger partial charge in [0, 0.05) is 43.7 Å². The molecule has 4 rings (SSSR count). The number of hydrogen-bond acceptors (Lipinski definition) is 5. The fourth-order valence-electron chi connectivity index (χ4n) is 3.60. The number of ether oxygens (including phenoxy) is 1. The van der Waals surface area contributed by atoms with Crippen molar-refractivity contribution in [2.24, 2.45) is 5.92 Å². The number of aromatic nitrogens is 2. The summed E-state index contributed by atoms with van der Waals surface area (Å²) in [5.41, 5.74) is 0. The first kappa shape index (κ1) is 18.9. The molecule has 0 bridgehead atoms. The Morgan fingerprint density at radius 2 is 2.07 bits per heavy atom. The van der Waals surface area contributed by atoms with Crippen molar-refractivity contribution in [1.82, 2.24) is 14.9 Å². The van der Waals surface area contributed by atoms with Crippen LogP contribution in [0.15, 0.2) is 30.6 Å². The van der Waals surface area contributed by atoms with Crippen molar-refractivity contribution in [3.63, 3.8) is 0 Å². The summed E-state index contributed by atoms with van der Waals surface area (Å²) in [6.07, 6.45) is 4.64. The van der Waals surface area contributed by atoms with E-state index in [-0.39, 0.29) is 17.0 Å². The number of anilines is 1. The highest BCUT2D eigenvalue weighted by atomic mass is 35.5. The predicted molar refractivity (Wildman–Crippen MR) is 104 cm³/mol. The van der Waals surface area contributed by atoms with Gasteiger partial charge in [-0.25, -0.2) is 14.4 Å². The van der Waals surface area contributed by atoms with Gasteiger partial charge in [-0.2, -0.15) is 0 Å². The van der Waals surface area contributed by atoms with E-state index >= 15 is 0 Å². The summed E-state index contributed by atoms with van der Waals surface area (Å²) in [5, 5.41) is -0.00661. The van der Waals surface area contributed by atoms with Crippen LogP contribution in [0.25, 0.3) is 0 Å². The molecule has 2 aromatic rings. The molecule has 1 aliphatic carbocycles. The van der Waals surface area contributed by atoms with Gasteiger partial charge in [0.05, 0.1) is 5.02 Å². The molecule has 0 unspecified atom stereocenters. The van der Waals surface area contributed by atoms with Gasteiger partial charge in [0.25, 0.3) is 0 Å². The molecule has 8 heteroatoms. The number of nitrogens with zero attached hydrogens (tertiary/aromatic N) is 4. The molecule has 1 aromatic heterocycles. The van der Waals surface area contributed by atoms with E-state index in [0.717, 1.165) is 25.1 Å². The lowest BCUT2D eigenvalue weighted by Crippen LogP contribution is -2.56. The standard InChI is InChI=1S/C20H22ClFN4O2/c1-13-11-25(7-8-26(13)20(27)14-3-2-4-14)18-10-19(24-12-23-18)28-15-5-6-17(22)16(21)9-15/h5-6,9-10,12-14H,2-4,7-8,11H2,1H3/t13-/m0/s1. The molecule has 2 heterocycles. The smallest absolute Gasteiger partial charge is 0.226 e. The summed E-state index contributed by atoms with van der Waals surface area (Å²) in [5.74, 6) is 1.50. The monoisotopic (exact) mass is 404 g/mol. The highest BCUT2D eigenvalue weighted by Crippen LogP contribution is 2.31. The minimum absolute atomic E-state index is 0.00661. The molecule has 1 aliphatic heterocycles. The number of amides is 1. The topological polar surface area (TPSA) is 58.6 Å². The number of carbonyl (C=O) groups is 1. The number of benzene rings is 1. The Balaban J connectivity index is 1.43. The number of piperazine rings is 1. The number of halogens is 2. The molecule has 1 saturated carbocycles. The van der Waals surface area contributed by atoms with E-state index in [1.807, 2.05) is 4.90 Å². The van der Waals surface area contributed by atoms with Gasteiger partial charge in [-0.15, -0.1) is 0 Å². The first-order valence-corrected chi connectivity index (χ1v) is 9.89. The van der Waals surface area contributed by atoms with Crippen LogP contribution in [-0.4, -0.2) is 46.5 Å². The molecule has 0 N–H and O–H groups in total. The second-order valence-electron chi connectivity index (χ2n) is 7.35. The summed E-state index contributed by atoms with van der Waals surface area (Å²) >= 11 is 5.80. The summed E-state index contributed by atoms with van der Waals surface area (Å²) in [6.45, 7) is 4.17. The maximum absolute atomic E-state index is 13.3.